The van der Waals surface area contributed by atoms with Crippen molar-refractivity contribution in [3.8, 4) is 62.9 Å². The van der Waals surface area contributed by atoms with Gasteiger partial charge in [-0.1, -0.05) is 12.1 Å². The molecule has 0 spiro atoms. The van der Waals surface area contributed by atoms with Crippen molar-refractivity contribution in [1.82, 2.24) is 0 Å². The predicted octanol–water partition coefficient (Wildman–Crippen LogP) is -0.129. The number of hydrogen-bond acceptors (Lipinski definition) is 24. The van der Waals surface area contributed by atoms with Crippen molar-refractivity contribution >= 4 is 24.1 Å². The van der Waals surface area contributed by atoms with E-state index in [1.54, 1.807) is 12.1 Å². The molecule has 25 nitrogen and oxygen atoms in total. The van der Waals surface area contributed by atoms with Crippen LogP contribution in [0.4, 0.5) is 0 Å². The lowest BCUT2D eigenvalue weighted by atomic mass is 9.98. The van der Waals surface area contributed by atoms with Gasteiger partial charge < -0.3 is 113 Å². The third-order valence-electron chi connectivity index (χ3n) is 12.5. The fraction of sp³-hybridized carbons (Fsp3) is 0.365. The number of aromatic hydroxyl groups is 3. The van der Waals surface area contributed by atoms with Gasteiger partial charge in [-0.2, -0.15) is 0 Å². The zero-order valence-electron chi connectivity index (χ0n) is 40.7. The molecule has 4 heterocycles. The molecule has 14 unspecified atom stereocenters. The highest BCUT2D eigenvalue weighted by molar-refractivity contribution is 5.88. The topological polar surface area (TPSA) is 384 Å². The number of rotatable bonds is 17. The van der Waals surface area contributed by atoms with Crippen molar-refractivity contribution in [2.24, 2.45) is 0 Å². The van der Waals surface area contributed by atoms with Crippen molar-refractivity contribution in [3.63, 3.8) is 0 Å². The van der Waals surface area contributed by atoms with E-state index in [0.717, 1.165) is 24.3 Å². The molecule has 3 aromatic carbocycles. The summed E-state index contributed by atoms with van der Waals surface area (Å²) < 4.78 is 63.8. The second kappa shape index (κ2) is 24.3. The summed E-state index contributed by atoms with van der Waals surface area (Å²) in [5, 5.41) is 117. The fourth-order valence-electron chi connectivity index (χ4n) is 8.34. The van der Waals surface area contributed by atoms with Crippen molar-refractivity contribution in [1.29, 1.82) is 0 Å². The van der Waals surface area contributed by atoms with E-state index >= 15 is 0 Å². The first-order valence-electron chi connectivity index (χ1n) is 23.6. The number of ether oxygens (including phenoxy) is 10. The van der Waals surface area contributed by atoms with Gasteiger partial charge in [0.05, 0.1) is 39.1 Å². The Morgan fingerprint density at radius 3 is 1.95 bits per heavy atom. The van der Waals surface area contributed by atoms with Crippen LogP contribution in [0, 0.1) is 0 Å². The molecule has 77 heavy (non-hydrogen) atoms. The van der Waals surface area contributed by atoms with Gasteiger partial charge in [0, 0.05) is 23.8 Å². The minimum atomic E-state index is -2.07. The van der Waals surface area contributed by atoms with E-state index in [2.05, 4.69) is 0 Å². The number of carbonyl (C=O) groups excluding carboxylic acids is 2. The average molecular weight is 1080 g/mol. The van der Waals surface area contributed by atoms with Crippen molar-refractivity contribution in [2.75, 3.05) is 34.0 Å². The van der Waals surface area contributed by atoms with Gasteiger partial charge in [-0.05, 0) is 77.9 Å². The minimum absolute atomic E-state index is 0.00136. The molecule has 3 saturated heterocycles. The lowest BCUT2D eigenvalue weighted by molar-refractivity contribution is -0.345. The maximum absolute atomic E-state index is 13.4. The molecule has 4 aliphatic heterocycles. The normalized spacial score (nSPS) is 28.5. The van der Waals surface area contributed by atoms with Crippen LogP contribution in [0.25, 0.3) is 34.8 Å². The Labute approximate surface area is 436 Å². The Morgan fingerprint density at radius 1 is 0.662 bits per heavy atom. The second-order valence-corrected chi connectivity index (χ2v) is 17.7. The van der Waals surface area contributed by atoms with Gasteiger partial charge in [-0.3, -0.25) is 4.79 Å². The quantitative estimate of drug-likeness (QED) is 0.0328. The zero-order chi connectivity index (χ0) is 55.2. The molecule has 8 rings (SSSR count). The first-order valence-corrected chi connectivity index (χ1v) is 23.6. The van der Waals surface area contributed by atoms with E-state index in [-0.39, 0.29) is 62.9 Å². The first kappa shape index (κ1) is 55.9. The van der Waals surface area contributed by atoms with E-state index < -0.39 is 123 Å². The summed E-state index contributed by atoms with van der Waals surface area (Å²) in [6, 6.07) is 17.3. The summed E-state index contributed by atoms with van der Waals surface area (Å²) in [4.78, 5) is 37.3. The number of methoxy groups -OCH3 is 2. The SMILES string of the molecule is COc1cc(C=CC(=O)OC2C(OC3C(Oc4cc5c(OC6OC(CO)C(O)C(O)C6O)cc(=O)cc-5oc4-c4ccc(O)cc4)OC(COC(=[OH+])C=Cc4ccc(O)cc4)C(O)C3O)OCC(O)C2O)cc(OC)c1O. The van der Waals surface area contributed by atoms with Gasteiger partial charge in [0.25, 0.3) is 0 Å². The van der Waals surface area contributed by atoms with Crippen molar-refractivity contribution < 1.29 is 118 Å². The predicted molar refractivity (Wildman–Crippen MR) is 261 cm³/mol. The number of esters is 2. The standard InChI is InChI=1S/C52H54O25/c1-67-33-15-24(16-34(68-2)41(33)61)6-14-39(59)76-48-40(60)30(57)21-70-51(48)77-49-45(65)43(63)37(22-69-38(58)13-5-23-3-9-26(54)10-4-23)75-52(49)73-35-19-29-31(71-47(35)25-7-11-27(55)12-8-25)17-28(56)18-32(29)72-50-46(66)44(64)42(62)36(20-53)74-50/h3-19,30,36-37,40,42-46,48-55,57,60-66H,20-22H2,1-2H3/p+1. The molecule has 0 amide bonds. The Balaban J connectivity index is 1.15. The first-order chi connectivity index (χ1) is 36.8. The number of phenols is 3. The number of aliphatic hydroxyl groups is 8. The second-order valence-electron chi connectivity index (χ2n) is 17.7. The number of fused-ring (bicyclic) bond motifs is 1. The average Bonchev–Trinajstić information content (AvgIpc) is 3.45. The van der Waals surface area contributed by atoms with E-state index in [4.69, 9.17) is 51.8 Å². The van der Waals surface area contributed by atoms with Gasteiger partial charge in [0.2, 0.25) is 24.9 Å². The molecular formula is C52H55O25+. The third-order valence-corrected chi connectivity index (χ3v) is 12.5. The number of hydrogen-bond donors (Lipinski definition) is 11. The maximum atomic E-state index is 13.4. The Hall–Kier alpha value is -7.37. The number of phenolic OH excluding ortho intramolecular Hbond substituents is 3. The molecule has 0 saturated carbocycles. The van der Waals surface area contributed by atoms with Crippen LogP contribution in [0.15, 0.2) is 100 Å². The van der Waals surface area contributed by atoms with E-state index in [9.17, 15) is 70.6 Å². The summed E-state index contributed by atoms with van der Waals surface area (Å²) in [7, 11) is 2.59. The third kappa shape index (κ3) is 12.7. The molecule has 14 atom stereocenters. The van der Waals surface area contributed by atoms with Crippen molar-refractivity contribution in [3.05, 3.63) is 112 Å². The highest BCUT2D eigenvalue weighted by Crippen LogP contribution is 2.44. The van der Waals surface area contributed by atoms with E-state index in [0.29, 0.717) is 11.1 Å². The van der Waals surface area contributed by atoms with Crippen LogP contribution in [0.3, 0.4) is 0 Å². The summed E-state index contributed by atoms with van der Waals surface area (Å²) in [5.41, 5.74) is 0.266. The van der Waals surface area contributed by atoms with E-state index in [1.165, 1.54) is 81.0 Å². The number of benzene rings is 4. The summed E-state index contributed by atoms with van der Waals surface area (Å²) in [5.74, 6) is -3.28. The van der Waals surface area contributed by atoms with Crippen LogP contribution in [-0.4, -0.2) is 193 Å². The summed E-state index contributed by atoms with van der Waals surface area (Å²) >= 11 is 0. The molecular weight excluding hydrogens is 1020 g/mol. The summed E-state index contributed by atoms with van der Waals surface area (Å²) in [6.45, 7) is -2.10. The number of aliphatic hydroxyl groups excluding tert-OH is 8. The molecule has 12 N–H and O–H groups in total. The lowest BCUT2D eigenvalue weighted by Crippen LogP contribution is -2.64. The molecule has 3 aromatic rings. The minimum Gasteiger partial charge on any atom is -0.508 e. The molecule has 0 radical (unpaired) electrons. The molecule has 412 valence electrons. The molecule has 3 fully saturated rings. The fourth-order valence-corrected chi connectivity index (χ4v) is 8.34. The van der Waals surface area contributed by atoms with Gasteiger partial charge in [-0.15, -0.1) is 0 Å². The van der Waals surface area contributed by atoms with Gasteiger partial charge >= 0.3 is 11.9 Å². The van der Waals surface area contributed by atoms with Crippen LogP contribution >= 0.6 is 0 Å². The molecule has 25 heteroatoms. The lowest BCUT2D eigenvalue weighted by Gasteiger charge is -2.44. The largest absolute Gasteiger partial charge is 0.510 e. The van der Waals surface area contributed by atoms with Crippen LogP contribution in [-0.2, 0) is 33.2 Å². The molecule has 5 aliphatic rings. The highest BCUT2D eigenvalue weighted by Gasteiger charge is 2.52. The highest BCUT2D eigenvalue weighted by atomic mass is 16.8. The van der Waals surface area contributed by atoms with Gasteiger partial charge in [0.15, 0.2) is 53.0 Å². The zero-order valence-corrected chi connectivity index (χ0v) is 40.7. The Kier molecular flexibility index (Phi) is 17.6. The summed E-state index contributed by atoms with van der Waals surface area (Å²) in [6.07, 6.45) is -20.7. The van der Waals surface area contributed by atoms with Gasteiger partial charge in [-0.25, -0.2) is 4.79 Å². The van der Waals surface area contributed by atoms with Crippen LogP contribution < -0.4 is 24.4 Å². The van der Waals surface area contributed by atoms with Crippen molar-refractivity contribution in [2.45, 2.75) is 86.0 Å². The Morgan fingerprint density at radius 2 is 1.29 bits per heavy atom. The van der Waals surface area contributed by atoms with Crippen LogP contribution in [0.2, 0.25) is 0 Å². The van der Waals surface area contributed by atoms with Crippen LogP contribution in [0.5, 0.6) is 40.2 Å². The van der Waals surface area contributed by atoms with E-state index in [1.807, 2.05) is 0 Å². The molecule has 0 aromatic heterocycles. The molecule has 1 aliphatic carbocycles. The maximum Gasteiger partial charge on any atom is 0.510 e. The smallest absolute Gasteiger partial charge is 0.508 e. The monoisotopic (exact) mass is 1080 g/mol. The van der Waals surface area contributed by atoms with Crippen LogP contribution in [0.1, 0.15) is 11.1 Å². The molecule has 0 bridgehead atoms. The Bertz CT molecular complexity index is 2900. The number of carbonyl (C=O) groups is 1. The van der Waals surface area contributed by atoms with Gasteiger partial charge in [0.1, 0.15) is 71.8 Å².